The number of methoxy groups -OCH3 is 1. The maximum atomic E-state index is 10.2. The van der Waals surface area contributed by atoms with E-state index in [1.165, 1.54) is 14.2 Å². The van der Waals surface area contributed by atoms with Crippen molar-refractivity contribution in [3.05, 3.63) is 0 Å². The van der Waals surface area contributed by atoms with Crippen molar-refractivity contribution in [3.63, 3.8) is 0 Å². The van der Waals surface area contributed by atoms with E-state index in [2.05, 4.69) is 14.5 Å². The molecule has 0 atom stereocenters. The van der Waals surface area contributed by atoms with Gasteiger partial charge in [-0.2, -0.15) is 4.89 Å². The van der Waals surface area contributed by atoms with Gasteiger partial charge in [-0.15, -0.1) is 0 Å². The van der Waals surface area contributed by atoms with E-state index in [9.17, 15) is 4.79 Å². The van der Waals surface area contributed by atoms with E-state index in [0.717, 1.165) is 0 Å². The average molecular weight is 144 g/mol. The molecule has 0 saturated heterocycles. The Kier molecular flexibility index (Phi) is 11.3. The third kappa shape index (κ3) is 8.39. The Morgan fingerprint density at radius 1 is 1.44 bits per heavy atom. The van der Waals surface area contributed by atoms with E-state index in [1.807, 2.05) is 0 Å². The molecule has 0 fully saturated rings. The van der Waals surface area contributed by atoms with Gasteiger partial charge in [-0.05, 0) is 0 Å². The molecule has 0 aliphatic rings. The standard InChI is InChI=1S/C4H8O4.Na.H/c1-6-3-4(5)8-7-2;;/h3H2,1-2H3;;. The van der Waals surface area contributed by atoms with E-state index < -0.39 is 5.97 Å². The normalized spacial score (nSPS) is 7.78. The zero-order valence-corrected chi connectivity index (χ0v) is 4.84. The molecule has 0 aromatic heterocycles. The van der Waals surface area contributed by atoms with Crippen LogP contribution in [-0.2, 0) is 19.3 Å². The minimum absolute atomic E-state index is 0. The zero-order valence-electron chi connectivity index (χ0n) is 4.84. The van der Waals surface area contributed by atoms with Crippen molar-refractivity contribution >= 4 is 35.5 Å². The van der Waals surface area contributed by atoms with Gasteiger partial charge in [-0.25, -0.2) is 4.79 Å². The van der Waals surface area contributed by atoms with Crippen molar-refractivity contribution in [2.24, 2.45) is 0 Å². The van der Waals surface area contributed by atoms with Crippen LogP contribution in [0.1, 0.15) is 0 Å². The average Bonchev–Trinajstić information content (AvgIpc) is 1.68. The number of ether oxygens (including phenoxy) is 1. The second kappa shape index (κ2) is 8.39. The van der Waals surface area contributed by atoms with Crippen LogP contribution in [0.5, 0.6) is 0 Å². The second-order valence-corrected chi connectivity index (χ2v) is 1.06. The van der Waals surface area contributed by atoms with Crippen molar-refractivity contribution in [1.82, 2.24) is 0 Å². The predicted molar refractivity (Wildman–Crippen MR) is 32.1 cm³/mol. The van der Waals surface area contributed by atoms with Crippen LogP contribution >= 0.6 is 0 Å². The van der Waals surface area contributed by atoms with Crippen LogP contribution in [0.25, 0.3) is 0 Å². The summed E-state index contributed by atoms with van der Waals surface area (Å²) < 4.78 is 4.40. The Morgan fingerprint density at radius 2 is 2.00 bits per heavy atom. The summed E-state index contributed by atoms with van der Waals surface area (Å²) in [6, 6.07) is 0. The second-order valence-electron chi connectivity index (χ2n) is 1.06. The molecule has 0 amide bonds. The molecule has 0 bridgehead atoms. The van der Waals surface area contributed by atoms with Crippen LogP contribution in [-0.4, -0.2) is 56.4 Å². The summed E-state index contributed by atoms with van der Waals surface area (Å²) in [5.74, 6) is -0.532. The fourth-order valence-corrected chi connectivity index (χ4v) is 0.235. The molecule has 9 heavy (non-hydrogen) atoms. The van der Waals surface area contributed by atoms with Crippen LogP contribution in [0.2, 0.25) is 0 Å². The van der Waals surface area contributed by atoms with Gasteiger partial charge in [0.05, 0.1) is 7.11 Å². The molecule has 5 heteroatoms. The predicted octanol–water partition coefficient (Wildman–Crippen LogP) is -0.911. The quantitative estimate of drug-likeness (QED) is 0.292. The third-order valence-electron chi connectivity index (χ3n) is 0.438. The van der Waals surface area contributed by atoms with E-state index in [4.69, 9.17) is 0 Å². The summed E-state index contributed by atoms with van der Waals surface area (Å²) >= 11 is 0. The molecular weight excluding hydrogens is 135 g/mol. The van der Waals surface area contributed by atoms with Crippen molar-refractivity contribution in [2.45, 2.75) is 0 Å². The van der Waals surface area contributed by atoms with Crippen LogP contribution in [0, 0.1) is 0 Å². The molecular formula is C4H9NaO4. The fraction of sp³-hybridized carbons (Fsp3) is 0.750. The molecule has 0 N–H and O–H groups in total. The van der Waals surface area contributed by atoms with E-state index in [0.29, 0.717) is 0 Å². The molecule has 0 aliphatic carbocycles. The van der Waals surface area contributed by atoms with E-state index in [1.54, 1.807) is 0 Å². The number of hydrogen-bond acceptors (Lipinski definition) is 4. The molecule has 0 saturated carbocycles. The van der Waals surface area contributed by atoms with Crippen LogP contribution in [0.3, 0.4) is 0 Å². The fourth-order valence-electron chi connectivity index (χ4n) is 0.235. The zero-order chi connectivity index (χ0) is 6.41. The molecule has 4 nitrogen and oxygen atoms in total. The summed E-state index contributed by atoms with van der Waals surface area (Å²) in [6.07, 6.45) is 0. The van der Waals surface area contributed by atoms with Gasteiger partial charge in [0.2, 0.25) is 0 Å². The van der Waals surface area contributed by atoms with Crippen LogP contribution < -0.4 is 0 Å². The van der Waals surface area contributed by atoms with Crippen molar-refractivity contribution < 1.29 is 19.3 Å². The first-order chi connectivity index (χ1) is 3.81. The maximum absolute atomic E-state index is 10.2. The van der Waals surface area contributed by atoms with E-state index in [-0.39, 0.29) is 36.2 Å². The summed E-state index contributed by atoms with van der Waals surface area (Å²) in [5, 5.41) is 0. The Hall–Kier alpha value is 0.390. The monoisotopic (exact) mass is 144 g/mol. The molecule has 0 unspecified atom stereocenters. The Labute approximate surface area is 75.7 Å². The number of carbonyl (C=O) groups excluding carboxylic acids is 1. The topological polar surface area (TPSA) is 44.8 Å². The van der Waals surface area contributed by atoms with Gasteiger partial charge in [0.1, 0.15) is 6.61 Å². The van der Waals surface area contributed by atoms with Crippen molar-refractivity contribution in [1.29, 1.82) is 0 Å². The summed E-state index contributed by atoms with van der Waals surface area (Å²) in [5.41, 5.74) is 0. The van der Waals surface area contributed by atoms with Crippen molar-refractivity contribution in [2.75, 3.05) is 20.8 Å². The summed E-state index contributed by atoms with van der Waals surface area (Å²) in [4.78, 5) is 18.2. The molecule has 0 aromatic rings. The Morgan fingerprint density at radius 3 is 2.33 bits per heavy atom. The molecule has 0 radical (unpaired) electrons. The molecule has 0 aromatic carbocycles. The molecule has 0 spiro atoms. The van der Waals surface area contributed by atoms with Gasteiger partial charge in [-0.1, -0.05) is 0 Å². The number of carbonyl (C=O) groups is 1. The Bertz CT molecular complexity index is 67.0. The molecule has 0 aliphatic heterocycles. The molecule has 50 valence electrons. The first-order valence-electron chi connectivity index (χ1n) is 2.03. The van der Waals surface area contributed by atoms with Crippen LogP contribution in [0.4, 0.5) is 0 Å². The van der Waals surface area contributed by atoms with Gasteiger partial charge >= 0.3 is 35.5 Å². The van der Waals surface area contributed by atoms with Crippen molar-refractivity contribution in [3.8, 4) is 0 Å². The van der Waals surface area contributed by atoms with E-state index >= 15 is 0 Å². The SMILES string of the molecule is COCC(=O)OOC.[NaH]. The first-order valence-corrected chi connectivity index (χ1v) is 2.03. The van der Waals surface area contributed by atoms with Crippen LogP contribution in [0.15, 0.2) is 0 Å². The van der Waals surface area contributed by atoms with Gasteiger partial charge in [0.15, 0.2) is 0 Å². The summed E-state index contributed by atoms with van der Waals surface area (Å²) in [7, 11) is 2.66. The number of rotatable bonds is 3. The molecule has 0 rings (SSSR count). The third-order valence-corrected chi connectivity index (χ3v) is 0.438. The van der Waals surface area contributed by atoms with Gasteiger partial charge < -0.3 is 4.74 Å². The summed E-state index contributed by atoms with van der Waals surface area (Å²) in [6.45, 7) is -0.0756. The Balaban J connectivity index is 0. The first kappa shape index (κ1) is 12.1. The number of hydrogen-bond donors (Lipinski definition) is 0. The minimum atomic E-state index is -0.532. The van der Waals surface area contributed by atoms with Gasteiger partial charge in [-0.3, -0.25) is 4.89 Å². The van der Waals surface area contributed by atoms with Gasteiger partial charge in [0, 0.05) is 7.11 Å². The van der Waals surface area contributed by atoms with Gasteiger partial charge in [0.25, 0.3) is 0 Å². The molecule has 0 heterocycles.